The summed E-state index contributed by atoms with van der Waals surface area (Å²) < 4.78 is 10.3. The van der Waals surface area contributed by atoms with Crippen LogP contribution in [-0.4, -0.2) is 26.1 Å². The highest BCUT2D eigenvalue weighted by atomic mass is 16.5. The van der Waals surface area contributed by atoms with Gasteiger partial charge in [-0.05, 0) is 24.0 Å². The lowest BCUT2D eigenvalue weighted by Gasteiger charge is -2.24. The van der Waals surface area contributed by atoms with E-state index < -0.39 is 11.4 Å². The molecular weight excluding hydrogens is 274 g/mol. The van der Waals surface area contributed by atoms with Gasteiger partial charge in [0.25, 0.3) is 0 Å². The van der Waals surface area contributed by atoms with Crippen LogP contribution < -0.4 is 19.9 Å². The van der Waals surface area contributed by atoms with Gasteiger partial charge in [-0.25, -0.2) is 0 Å². The molecule has 1 aromatic rings. The molecule has 0 bridgehead atoms. The average molecular weight is 294 g/mol. The monoisotopic (exact) mass is 294 g/mol. The molecule has 1 rings (SSSR count). The normalized spacial score (nSPS) is 10.9. The van der Waals surface area contributed by atoms with Crippen molar-refractivity contribution in [2.45, 2.75) is 26.7 Å². The highest BCUT2D eigenvalue weighted by Crippen LogP contribution is 2.30. The van der Waals surface area contributed by atoms with Gasteiger partial charge in [0.15, 0.2) is 0 Å². The number of carboxylic acids is 1. The first kappa shape index (κ1) is 16.8. The fourth-order valence-electron chi connectivity index (χ4n) is 1.98. The number of methoxy groups -OCH3 is 2. The second-order valence-electron chi connectivity index (χ2n) is 5.50. The molecule has 0 heterocycles. The number of amides is 1. The van der Waals surface area contributed by atoms with Crippen LogP contribution in [-0.2, 0) is 9.59 Å². The van der Waals surface area contributed by atoms with E-state index in [1.165, 1.54) is 14.2 Å². The third-order valence-corrected chi connectivity index (χ3v) is 2.94. The number of benzene rings is 1. The molecule has 0 saturated carbocycles. The topological polar surface area (TPSA) is 87.7 Å². The first-order chi connectivity index (χ1) is 9.77. The summed E-state index contributed by atoms with van der Waals surface area (Å²) in [7, 11) is 3.03. The van der Waals surface area contributed by atoms with Gasteiger partial charge in [-0.2, -0.15) is 0 Å². The number of carbonyl (C=O) groups is 2. The van der Waals surface area contributed by atoms with Crippen LogP contribution in [0.3, 0.4) is 0 Å². The summed E-state index contributed by atoms with van der Waals surface area (Å²) in [6.07, 6.45) is -0.115. The van der Waals surface area contributed by atoms with Gasteiger partial charge >= 0.3 is 0 Å². The predicted molar refractivity (Wildman–Crippen MR) is 76.2 cm³/mol. The SMILES string of the molecule is COc1ccc(NC(=O)CC(C)(C)CC(=O)[O-])c(OC)c1. The molecule has 21 heavy (non-hydrogen) atoms. The Bertz CT molecular complexity index is 525. The minimum absolute atomic E-state index is 0.0656. The van der Waals surface area contributed by atoms with Crippen LogP contribution in [0.1, 0.15) is 26.7 Å². The molecular formula is C15H20NO5-. The van der Waals surface area contributed by atoms with Crippen LogP contribution in [0.25, 0.3) is 0 Å². The fraction of sp³-hybridized carbons (Fsp3) is 0.467. The Labute approximate surface area is 124 Å². The number of hydrogen-bond donors (Lipinski definition) is 1. The lowest BCUT2D eigenvalue weighted by molar-refractivity contribution is -0.307. The van der Waals surface area contributed by atoms with Crippen molar-refractivity contribution in [2.24, 2.45) is 5.41 Å². The smallest absolute Gasteiger partial charge is 0.225 e. The molecule has 0 aromatic heterocycles. The molecule has 0 aliphatic rings. The lowest BCUT2D eigenvalue weighted by atomic mass is 9.85. The van der Waals surface area contributed by atoms with Crippen molar-refractivity contribution in [3.8, 4) is 11.5 Å². The van der Waals surface area contributed by atoms with Crippen molar-refractivity contribution in [2.75, 3.05) is 19.5 Å². The number of aliphatic carboxylic acids is 1. The van der Waals surface area contributed by atoms with Gasteiger partial charge in [0.05, 0.1) is 19.9 Å². The van der Waals surface area contributed by atoms with E-state index in [-0.39, 0.29) is 18.7 Å². The van der Waals surface area contributed by atoms with Gasteiger partial charge in [0.1, 0.15) is 11.5 Å². The summed E-state index contributed by atoms with van der Waals surface area (Å²) in [5.41, 5.74) is -0.171. The first-order valence-corrected chi connectivity index (χ1v) is 6.49. The summed E-state index contributed by atoms with van der Waals surface area (Å²) in [6, 6.07) is 5.02. The minimum atomic E-state index is -1.17. The van der Waals surface area contributed by atoms with E-state index >= 15 is 0 Å². The molecule has 1 aromatic carbocycles. The van der Waals surface area contributed by atoms with Gasteiger partial charge in [-0.1, -0.05) is 13.8 Å². The molecule has 0 aliphatic heterocycles. The average Bonchev–Trinajstić information content (AvgIpc) is 2.36. The number of carbonyl (C=O) groups excluding carboxylic acids is 2. The predicted octanol–water partition coefficient (Wildman–Crippen LogP) is 1.20. The number of carboxylic acid groups (broad SMARTS) is 1. The number of ether oxygens (including phenoxy) is 2. The standard InChI is InChI=1S/C15H21NO5/c1-15(2,9-14(18)19)8-13(17)16-11-6-5-10(20-3)7-12(11)21-4/h5-7H,8-9H2,1-4H3,(H,16,17)(H,18,19)/p-1. The molecule has 0 radical (unpaired) electrons. The van der Waals surface area contributed by atoms with E-state index in [2.05, 4.69) is 5.32 Å². The summed E-state index contributed by atoms with van der Waals surface area (Å²) in [4.78, 5) is 22.7. The van der Waals surface area contributed by atoms with Crippen LogP contribution in [0, 0.1) is 5.41 Å². The zero-order valence-corrected chi connectivity index (χ0v) is 12.7. The second-order valence-corrected chi connectivity index (χ2v) is 5.50. The van der Waals surface area contributed by atoms with Crippen LogP contribution in [0.5, 0.6) is 11.5 Å². The maximum absolute atomic E-state index is 12.0. The van der Waals surface area contributed by atoms with Crippen molar-refractivity contribution in [3.05, 3.63) is 18.2 Å². The largest absolute Gasteiger partial charge is 0.550 e. The highest BCUT2D eigenvalue weighted by molar-refractivity contribution is 5.93. The van der Waals surface area contributed by atoms with Crippen molar-refractivity contribution in [1.29, 1.82) is 0 Å². The summed E-state index contributed by atoms with van der Waals surface area (Å²) in [5.74, 6) is -0.373. The first-order valence-electron chi connectivity index (χ1n) is 6.49. The number of rotatable bonds is 7. The van der Waals surface area contributed by atoms with Crippen LogP contribution in [0.15, 0.2) is 18.2 Å². The Morgan fingerprint density at radius 2 is 1.86 bits per heavy atom. The molecule has 0 fully saturated rings. The van der Waals surface area contributed by atoms with E-state index in [1.54, 1.807) is 32.0 Å². The Balaban J connectivity index is 2.77. The Kier molecular flexibility index (Phi) is 5.58. The molecule has 6 heteroatoms. The van der Waals surface area contributed by atoms with Crippen molar-refractivity contribution >= 4 is 17.6 Å². The highest BCUT2D eigenvalue weighted by Gasteiger charge is 2.23. The van der Waals surface area contributed by atoms with E-state index in [9.17, 15) is 14.7 Å². The van der Waals surface area contributed by atoms with Crippen molar-refractivity contribution < 1.29 is 24.2 Å². The molecule has 0 unspecified atom stereocenters. The third-order valence-electron chi connectivity index (χ3n) is 2.94. The Morgan fingerprint density at radius 1 is 1.19 bits per heavy atom. The van der Waals surface area contributed by atoms with E-state index in [4.69, 9.17) is 9.47 Å². The van der Waals surface area contributed by atoms with Crippen molar-refractivity contribution in [1.82, 2.24) is 0 Å². The molecule has 0 atom stereocenters. The number of hydrogen-bond acceptors (Lipinski definition) is 5. The maximum atomic E-state index is 12.0. The van der Waals surface area contributed by atoms with Gasteiger partial charge in [-0.3, -0.25) is 4.79 Å². The van der Waals surface area contributed by atoms with Gasteiger partial charge < -0.3 is 24.7 Å². The van der Waals surface area contributed by atoms with Gasteiger partial charge in [-0.15, -0.1) is 0 Å². The second kappa shape index (κ2) is 6.97. The van der Waals surface area contributed by atoms with E-state index in [1.807, 2.05) is 0 Å². The summed E-state index contributed by atoms with van der Waals surface area (Å²) in [5, 5.41) is 13.4. The third kappa shape index (κ3) is 5.33. The molecule has 116 valence electrons. The van der Waals surface area contributed by atoms with Gasteiger partial charge in [0, 0.05) is 18.5 Å². The summed E-state index contributed by atoms with van der Waals surface area (Å²) in [6.45, 7) is 3.40. The van der Waals surface area contributed by atoms with E-state index in [0.717, 1.165) is 0 Å². The van der Waals surface area contributed by atoms with E-state index in [0.29, 0.717) is 17.2 Å². The minimum Gasteiger partial charge on any atom is -0.550 e. The zero-order valence-electron chi connectivity index (χ0n) is 12.7. The van der Waals surface area contributed by atoms with Crippen molar-refractivity contribution in [3.63, 3.8) is 0 Å². The quantitative estimate of drug-likeness (QED) is 0.816. The Hall–Kier alpha value is -2.24. The molecule has 1 amide bonds. The summed E-state index contributed by atoms with van der Waals surface area (Å²) >= 11 is 0. The molecule has 6 nitrogen and oxygen atoms in total. The fourth-order valence-corrected chi connectivity index (χ4v) is 1.98. The molecule has 0 saturated heterocycles. The molecule has 0 aliphatic carbocycles. The van der Waals surface area contributed by atoms with Crippen LogP contribution in [0.2, 0.25) is 0 Å². The molecule has 1 N–H and O–H groups in total. The zero-order chi connectivity index (χ0) is 16.0. The Morgan fingerprint density at radius 3 is 2.38 bits per heavy atom. The van der Waals surface area contributed by atoms with Crippen LogP contribution >= 0.6 is 0 Å². The maximum Gasteiger partial charge on any atom is 0.225 e. The number of anilines is 1. The number of nitrogens with one attached hydrogen (secondary N) is 1. The molecule has 0 spiro atoms. The van der Waals surface area contributed by atoms with Crippen LogP contribution in [0.4, 0.5) is 5.69 Å². The lowest BCUT2D eigenvalue weighted by Crippen LogP contribution is -2.31. The van der Waals surface area contributed by atoms with Gasteiger partial charge in [0.2, 0.25) is 5.91 Å².